The summed E-state index contributed by atoms with van der Waals surface area (Å²) in [6.07, 6.45) is 1.80. The van der Waals surface area contributed by atoms with E-state index in [1.165, 1.54) is 0 Å². The SMILES string of the molecule is CNCCN(C)CC1CCCC(F)(F)C1. The van der Waals surface area contributed by atoms with Crippen molar-refractivity contribution in [2.45, 2.75) is 31.6 Å². The lowest BCUT2D eigenvalue weighted by Crippen LogP contribution is -2.36. The minimum atomic E-state index is -2.41. The maximum atomic E-state index is 13.1. The van der Waals surface area contributed by atoms with Crippen LogP contribution in [-0.2, 0) is 0 Å². The molecule has 4 heteroatoms. The second-order valence-corrected chi connectivity index (χ2v) is 4.68. The molecule has 0 amide bonds. The highest BCUT2D eigenvalue weighted by Gasteiger charge is 2.36. The normalized spacial score (nSPS) is 25.8. The molecular formula is C11H22F2N2. The molecule has 1 aliphatic rings. The maximum absolute atomic E-state index is 13.1. The smallest absolute Gasteiger partial charge is 0.248 e. The van der Waals surface area contributed by atoms with Crippen LogP contribution in [0, 0.1) is 5.92 Å². The van der Waals surface area contributed by atoms with Crippen LogP contribution in [0.15, 0.2) is 0 Å². The molecule has 1 rings (SSSR count). The standard InChI is InChI=1S/C11H22F2N2/c1-14-6-7-15(2)9-10-4-3-5-11(12,13)8-10/h10,14H,3-9H2,1-2H3. The fraction of sp³-hybridized carbons (Fsp3) is 1.00. The molecule has 1 saturated carbocycles. The third-order valence-corrected chi connectivity index (χ3v) is 3.06. The number of nitrogens with one attached hydrogen (secondary N) is 1. The number of likely N-dealkylation sites (N-methyl/N-ethyl adjacent to an activating group) is 2. The van der Waals surface area contributed by atoms with Gasteiger partial charge in [-0.3, -0.25) is 0 Å². The fourth-order valence-corrected chi connectivity index (χ4v) is 2.27. The molecule has 0 aromatic heterocycles. The van der Waals surface area contributed by atoms with Crippen molar-refractivity contribution >= 4 is 0 Å². The first kappa shape index (κ1) is 12.8. The zero-order valence-corrected chi connectivity index (χ0v) is 9.73. The Morgan fingerprint density at radius 1 is 1.47 bits per heavy atom. The molecule has 0 aromatic carbocycles. The van der Waals surface area contributed by atoms with Crippen molar-refractivity contribution in [3.63, 3.8) is 0 Å². The van der Waals surface area contributed by atoms with Gasteiger partial charge in [0.15, 0.2) is 0 Å². The number of hydrogen-bond acceptors (Lipinski definition) is 2. The van der Waals surface area contributed by atoms with Crippen molar-refractivity contribution in [2.75, 3.05) is 33.7 Å². The first-order chi connectivity index (χ1) is 7.03. The molecule has 0 saturated heterocycles. The first-order valence-corrected chi connectivity index (χ1v) is 5.74. The van der Waals surface area contributed by atoms with Crippen LogP contribution < -0.4 is 5.32 Å². The van der Waals surface area contributed by atoms with E-state index in [1.807, 2.05) is 14.1 Å². The summed E-state index contributed by atoms with van der Waals surface area (Å²) in [7, 11) is 3.91. The molecule has 1 fully saturated rings. The van der Waals surface area contributed by atoms with Crippen molar-refractivity contribution in [3.8, 4) is 0 Å². The Morgan fingerprint density at radius 2 is 2.20 bits per heavy atom. The van der Waals surface area contributed by atoms with Crippen LogP contribution in [0.1, 0.15) is 25.7 Å². The summed E-state index contributed by atoms with van der Waals surface area (Å²) in [5, 5.41) is 3.06. The summed E-state index contributed by atoms with van der Waals surface area (Å²) < 4.78 is 26.3. The quantitative estimate of drug-likeness (QED) is 0.762. The highest BCUT2D eigenvalue weighted by molar-refractivity contribution is 4.79. The van der Waals surface area contributed by atoms with Crippen LogP contribution in [0.3, 0.4) is 0 Å². The molecular weight excluding hydrogens is 198 g/mol. The van der Waals surface area contributed by atoms with Crippen LogP contribution in [0.25, 0.3) is 0 Å². The van der Waals surface area contributed by atoms with Gasteiger partial charge in [-0.15, -0.1) is 0 Å². The molecule has 0 heterocycles. The molecule has 1 aliphatic carbocycles. The van der Waals surface area contributed by atoms with Gasteiger partial charge in [0.2, 0.25) is 5.92 Å². The van der Waals surface area contributed by atoms with Gasteiger partial charge in [0, 0.05) is 32.5 Å². The van der Waals surface area contributed by atoms with Crippen molar-refractivity contribution in [1.29, 1.82) is 0 Å². The minimum Gasteiger partial charge on any atom is -0.318 e. The Kier molecular flexibility index (Phi) is 4.93. The molecule has 2 nitrogen and oxygen atoms in total. The van der Waals surface area contributed by atoms with Crippen molar-refractivity contribution in [3.05, 3.63) is 0 Å². The molecule has 1 atom stereocenters. The van der Waals surface area contributed by atoms with E-state index in [4.69, 9.17) is 0 Å². The van der Waals surface area contributed by atoms with Crippen molar-refractivity contribution in [1.82, 2.24) is 10.2 Å². The predicted octanol–water partition coefficient (Wildman–Crippen LogP) is 1.96. The van der Waals surface area contributed by atoms with Crippen molar-refractivity contribution in [2.24, 2.45) is 5.92 Å². The van der Waals surface area contributed by atoms with E-state index in [0.29, 0.717) is 6.42 Å². The van der Waals surface area contributed by atoms with Crippen LogP contribution in [0.2, 0.25) is 0 Å². The van der Waals surface area contributed by atoms with E-state index in [0.717, 1.165) is 26.1 Å². The number of nitrogens with zero attached hydrogens (tertiary/aromatic N) is 1. The summed E-state index contributed by atoms with van der Waals surface area (Å²) >= 11 is 0. The largest absolute Gasteiger partial charge is 0.318 e. The van der Waals surface area contributed by atoms with Gasteiger partial charge in [-0.2, -0.15) is 0 Å². The molecule has 0 spiro atoms. The van der Waals surface area contributed by atoms with E-state index in [-0.39, 0.29) is 18.8 Å². The Balaban J connectivity index is 2.25. The minimum absolute atomic E-state index is 0.0803. The van der Waals surface area contributed by atoms with Gasteiger partial charge in [-0.25, -0.2) is 8.78 Å². The van der Waals surface area contributed by atoms with E-state index >= 15 is 0 Å². The van der Waals surface area contributed by atoms with E-state index in [2.05, 4.69) is 10.2 Å². The Labute approximate surface area is 91.0 Å². The molecule has 0 bridgehead atoms. The second-order valence-electron chi connectivity index (χ2n) is 4.68. The summed E-state index contributed by atoms with van der Waals surface area (Å²) in [5.74, 6) is -2.23. The molecule has 1 unspecified atom stereocenters. The fourth-order valence-electron chi connectivity index (χ4n) is 2.27. The zero-order chi connectivity index (χ0) is 11.3. The van der Waals surface area contributed by atoms with Gasteiger partial charge in [-0.05, 0) is 32.9 Å². The number of rotatable bonds is 5. The average molecular weight is 220 g/mol. The summed E-state index contributed by atoms with van der Waals surface area (Å²) in [5.41, 5.74) is 0. The van der Waals surface area contributed by atoms with Crippen LogP contribution in [0.4, 0.5) is 8.78 Å². The number of alkyl halides is 2. The van der Waals surface area contributed by atoms with Crippen LogP contribution in [-0.4, -0.2) is 44.6 Å². The zero-order valence-electron chi connectivity index (χ0n) is 9.73. The van der Waals surface area contributed by atoms with Gasteiger partial charge in [-0.1, -0.05) is 0 Å². The summed E-state index contributed by atoms with van der Waals surface area (Å²) in [6, 6.07) is 0. The van der Waals surface area contributed by atoms with Crippen LogP contribution in [0.5, 0.6) is 0 Å². The predicted molar refractivity (Wildman–Crippen MR) is 58.3 cm³/mol. The molecule has 90 valence electrons. The van der Waals surface area contributed by atoms with Gasteiger partial charge in [0.25, 0.3) is 0 Å². The van der Waals surface area contributed by atoms with Gasteiger partial charge >= 0.3 is 0 Å². The Hall–Kier alpha value is -0.220. The highest BCUT2D eigenvalue weighted by atomic mass is 19.3. The topological polar surface area (TPSA) is 15.3 Å². The number of hydrogen-bond donors (Lipinski definition) is 1. The molecule has 0 radical (unpaired) electrons. The number of halogens is 2. The summed E-state index contributed by atoms with van der Waals surface area (Å²) in [4.78, 5) is 2.14. The monoisotopic (exact) mass is 220 g/mol. The first-order valence-electron chi connectivity index (χ1n) is 5.74. The van der Waals surface area contributed by atoms with Gasteiger partial charge in [0.05, 0.1) is 0 Å². The molecule has 0 aromatic rings. The summed E-state index contributed by atoms with van der Waals surface area (Å²) in [6.45, 7) is 2.65. The van der Waals surface area contributed by atoms with E-state index in [9.17, 15) is 8.78 Å². The Bertz CT molecular complexity index is 185. The molecule has 0 aliphatic heterocycles. The van der Waals surface area contributed by atoms with Crippen molar-refractivity contribution < 1.29 is 8.78 Å². The third-order valence-electron chi connectivity index (χ3n) is 3.06. The third kappa shape index (κ3) is 4.89. The molecule has 15 heavy (non-hydrogen) atoms. The maximum Gasteiger partial charge on any atom is 0.248 e. The highest BCUT2D eigenvalue weighted by Crippen LogP contribution is 2.36. The lowest BCUT2D eigenvalue weighted by Gasteiger charge is -2.31. The van der Waals surface area contributed by atoms with E-state index < -0.39 is 5.92 Å². The van der Waals surface area contributed by atoms with Gasteiger partial charge in [0.1, 0.15) is 0 Å². The Morgan fingerprint density at radius 3 is 2.80 bits per heavy atom. The van der Waals surface area contributed by atoms with Gasteiger partial charge < -0.3 is 10.2 Å². The second kappa shape index (κ2) is 5.75. The van der Waals surface area contributed by atoms with Crippen LogP contribution >= 0.6 is 0 Å². The lowest BCUT2D eigenvalue weighted by molar-refractivity contribution is -0.0559. The average Bonchev–Trinajstić information content (AvgIpc) is 2.13. The lowest BCUT2D eigenvalue weighted by atomic mass is 9.86. The molecule has 1 N–H and O–H groups in total. The van der Waals surface area contributed by atoms with E-state index in [1.54, 1.807) is 0 Å².